The van der Waals surface area contributed by atoms with Crippen LogP contribution < -0.4 is 17.1 Å². The van der Waals surface area contributed by atoms with Gasteiger partial charge in [0.25, 0.3) is 0 Å². The molecule has 134 valence electrons. The molecule has 0 bridgehead atoms. The molecule has 0 atom stereocenters. The molecule has 3 rings (SSSR count). The third kappa shape index (κ3) is 2.99. The molecular formula is C16H15N5O5. The SMILES string of the molecule is C=CCn1c(=O)n(CC=C)c(=O)n(Cc2nc(-c3ccco3)no2)c1=O. The normalized spacial score (nSPS) is 10.8. The molecule has 0 spiro atoms. The van der Waals surface area contributed by atoms with E-state index >= 15 is 0 Å². The quantitative estimate of drug-likeness (QED) is 0.556. The van der Waals surface area contributed by atoms with Crippen LogP contribution in [0.15, 0.2) is 67.0 Å². The van der Waals surface area contributed by atoms with Crippen LogP contribution in [0, 0.1) is 0 Å². The van der Waals surface area contributed by atoms with Crippen LogP contribution in [0.1, 0.15) is 5.89 Å². The first-order chi connectivity index (χ1) is 12.6. The summed E-state index contributed by atoms with van der Waals surface area (Å²) < 4.78 is 12.9. The van der Waals surface area contributed by atoms with Crippen molar-refractivity contribution in [1.82, 2.24) is 23.8 Å². The van der Waals surface area contributed by atoms with Gasteiger partial charge in [-0.25, -0.2) is 28.1 Å². The highest BCUT2D eigenvalue weighted by atomic mass is 16.5. The maximum absolute atomic E-state index is 12.5. The van der Waals surface area contributed by atoms with Crippen molar-refractivity contribution in [3.63, 3.8) is 0 Å². The topological polar surface area (TPSA) is 118 Å². The van der Waals surface area contributed by atoms with Gasteiger partial charge in [-0.05, 0) is 12.1 Å². The average Bonchev–Trinajstić information content (AvgIpc) is 3.30. The largest absolute Gasteiger partial charge is 0.461 e. The molecule has 3 aromatic heterocycles. The van der Waals surface area contributed by atoms with E-state index in [1.54, 1.807) is 12.1 Å². The van der Waals surface area contributed by atoms with Gasteiger partial charge in [-0.2, -0.15) is 4.98 Å². The van der Waals surface area contributed by atoms with E-state index in [2.05, 4.69) is 23.3 Å². The van der Waals surface area contributed by atoms with Crippen LogP contribution in [0.4, 0.5) is 0 Å². The Morgan fingerprint density at radius 3 is 2.15 bits per heavy atom. The lowest BCUT2D eigenvalue weighted by atomic mass is 10.4. The Balaban J connectivity index is 2.08. The molecule has 0 aromatic carbocycles. The summed E-state index contributed by atoms with van der Waals surface area (Å²) in [6.45, 7) is 6.65. The van der Waals surface area contributed by atoms with Crippen molar-refractivity contribution in [2.45, 2.75) is 19.6 Å². The van der Waals surface area contributed by atoms with Crippen molar-refractivity contribution in [3.8, 4) is 11.6 Å². The summed E-state index contributed by atoms with van der Waals surface area (Å²) in [7, 11) is 0. The fourth-order valence-corrected chi connectivity index (χ4v) is 2.35. The zero-order chi connectivity index (χ0) is 18.7. The van der Waals surface area contributed by atoms with Gasteiger partial charge in [0.2, 0.25) is 11.7 Å². The van der Waals surface area contributed by atoms with Crippen molar-refractivity contribution in [2.24, 2.45) is 0 Å². The molecule has 0 saturated heterocycles. The van der Waals surface area contributed by atoms with Crippen LogP contribution in [0.2, 0.25) is 0 Å². The molecule has 0 radical (unpaired) electrons. The van der Waals surface area contributed by atoms with Gasteiger partial charge in [-0.15, -0.1) is 13.2 Å². The molecule has 0 N–H and O–H groups in total. The molecule has 10 nitrogen and oxygen atoms in total. The second kappa shape index (κ2) is 7.05. The Morgan fingerprint density at radius 2 is 1.62 bits per heavy atom. The zero-order valence-electron chi connectivity index (χ0n) is 13.7. The minimum Gasteiger partial charge on any atom is -0.461 e. The van der Waals surface area contributed by atoms with Gasteiger partial charge in [0.1, 0.15) is 6.54 Å². The summed E-state index contributed by atoms with van der Waals surface area (Å²) in [5, 5.41) is 3.74. The molecule has 0 unspecified atom stereocenters. The zero-order valence-corrected chi connectivity index (χ0v) is 13.7. The molecule has 0 aliphatic heterocycles. The molecule has 0 aliphatic rings. The summed E-state index contributed by atoms with van der Waals surface area (Å²) in [4.78, 5) is 41.5. The van der Waals surface area contributed by atoms with E-state index in [9.17, 15) is 14.4 Å². The summed E-state index contributed by atoms with van der Waals surface area (Å²) in [6, 6.07) is 3.30. The van der Waals surface area contributed by atoms with E-state index in [0.717, 1.165) is 13.7 Å². The predicted molar refractivity (Wildman–Crippen MR) is 90.7 cm³/mol. The van der Waals surface area contributed by atoms with Gasteiger partial charge in [0, 0.05) is 0 Å². The van der Waals surface area contributed by atoms with Crippen LogP contribution in [-0.2, 0) is 19.6 Å². The second-order valence-corrected chi connectivity index (χ2v) is 5.22. The van der Waals surface area contributed by atoms with E-state index in [1.807, 2.05) is 0 Å². The highest BCUT2D eigenvalue weighted by Gasteiger charge is 2.18. The highest BCUT2D eigenvalue weighted by molar-refractivity contribution is 5.44. The van der Waals surface area contributed by atoms with Crippen molar-refractivity contribution in [2.75, 3.05) is 0 Å². The first-order valence-electron chi connectivity index (χ1n) is 7.59. The van der Waals surface area contributed by atoms with Gasteiger partial charge in [0.15, 0.2) is 5.76 Å². The van der Waals surface area contributed by atoms with Gasteiger partial charge in [0.05, 0.1) is 19.4 Å². The first kappa shape index (κ1) is 17.1. The van der Waals surface area contributed by atoms with Crippen molar-refractivity contribution < 1.29 is 8.94 Å². The lowest BCUT2D eigenvalue weighted by Gasteiger charge is -2.10. The minimum absolute atomic E-state index is 0.0181. The number of hydrogen-bond donors (Lipinski definition) is 0. The van der Waals surface area contributed by atoms with Crippen LogP contribution in [0.3, 0.4) is 0 Å². The van der Waals surface area contributed by atoms with Crippen LogP contribution in [-0.4, -0.2) is 23.8 Å². The Hall–Kier alpha value is -3.69. The summed E-state index contributed by atoms with van der Waals surface area (Å²) >= 11 is 0. The van der Waals surface area contributed by atoms with E-state index in [1.165, 1.54) is 18.4 Å². The third-order valence-electron chi connectivity index (χ3n) is 3.51. The Morgan fingerprint density at radius 1 is 1.00 bits per heavy atom. The predicted octanol–water partition coefficient (Wildman–Crippen LogP) is 0.235. The summed E-state index contributed by atoms with van der Waals surface area (Å²) in [6.07, 6.45) is 4.23. The molecule has 3 heterocycles. The number of hydrogen-bond acceptors (Lipinski definition) is 7. The maximum atomic E-state index is 12.5. The van der Waals surface area contributed by atoms with Crippen LogP contribution in [0.25, 0.3) is 11.6 Å². The molecule has 0 fully saturated rings. The molecule has 0 amide bonds. The van der Waals surface area contributed by atoms with E-state index < -0.39 is 17.1 Å². The van der Waals surface area contributed by atoms with E-state index in [0.29, 0.717) is 5.76 Å². The molecule has 0 aliphatic carbocycles. The summed E-state index contributed by atoms with van der Waals surface area (Å²) in [5.74, 6) is 0.585. The van der Waals surface area contributed by atoms with Crippen LogP contribution in [0.5, 0.6) is 0 Å². The summed E-state index contributed by atoms with van der Waals surface area (Å²) in [5.41, 5.74) is -2.33. The van der Waals surface area contributed by atoms with Crippen molar-refractivity contribution in [1.29, 1.82) is 0 Å². The molecule has 0 saturated carbocycles. The highest BCUT2D eigenvalue weighted by Crippen LogP contribution is 2.15. The Bertz CT molecular complexity index is 1070. The van der Waals surface area contributed by atoms with Gasteiger partial charge in [-0.1, -0.05) is 17.3 Å². The average molecular weight is 357 g/mol. The smallest absolute Gasteiger partial charge is 0.337 e. The minimum atomic E-state index is -0.794. The van der Waals surface area contributed by atoms with Crippen molar-refractivity contribution in [3.05, 3.63) is 81.0 Å². The monoisotopic (exact) mass is 357 g/mol. The van der Waals surface area contributed by atoms with E-state index in [-0.39, 0.29) is 31.3 Å². The molecule has 3 aromatic rings. The lowest BCUT2D eigenvalue weighted by molar-refractivity contribution is 0.359. The number of allylic oxidation sites excluding steroid dienone is 2. The first-order valence-corrected chi connectivity index (χ1v) is 7.59. The number of rotatable bonds is 7. The fraction of sp³-hybridized carbons (Fsp3) is 0.188. The number of aromatic nitrogens is 5. The Labute approximate surface area is 145 Å². The van der Waals surface area contributed by atoms with Gasteiger partial charge < -0.3 is 8.94 Å². The van der Waals surface area contributed by atoms with E-state index in [4.69, 9.17) is 8.94 Å². The third-order valence-corrected chi connectivity index (χ3v) is 3.51. The number of nitrogens with zero attached hydrogens (tertiary/aromatic N) is 5. The maximum Gasteiger partial charge on any atom is 0.337 e. The number of furan rings is 1. The Kier molecular flexibility index (Phi) is 4.65. The molecule has 26 heavy (non-hydrogen) atoms. The lowest BCUT2D eigenvalue weighted by Crippen LogP contribution is -2.54. The second-order valence-electron chi connectivity index (χ2n) is 5.22. The molecular weight excluding hydrogens is 342 g/mol. The molecule has 10 heteroatoms. The van der Waals surface area contributed by atoms with Crippen molar-refractivity contribution >= 4 is 0 Å². The standard InChI is InChI=1S/C16H15N5O5/c1-3-7-19-14(22)20(8-4-2)16(24)21(15(19)23)10-12-17-13(18-26-12)11-6-5-9-25-11/h3-6,9H,1-2,7-8,10H2. The fourth-order valence-electron chi connectivity index (χ4n) is 2.35. The van der Waals surface area contributed by atoms with Gasteiger partial charge >= 0.3 is 17.1 Å². The van der Waals surface area contributed by atoms with Gasteiger partial charge in [-0.3, -0.25) is 0 Å². The van der Waals surface area contributed by atoms with Crippen LogP contribution >= 0.6 is 0 Å².